The molecule has 0 spiro atoms. The van der Waals surface area contributed by atoms with Crippen molar-refractivity contribution >= 4 is 12.4 Å². The minimum absolute atomic E-state index is 0. The Bertz CT molecular complexity index is 317. The van der Waals surface area contributed by atoms with Gasteiger partial charge in [0.1, 0.15) is 0 Å². The van der Waals surface area contributed by atoms with Gasteiger partial charge in [0, 0.05) is 6.54 Å². The Labute approximate surface area is 110 Å². The molecule has 3 heteroatoms. The van der Waals surface area contributed by atoms with Crippen LogP contribution in [0.4, 0.5) is 0 Å². The van der Waals surface area contributed by atoms with Gasteiger partial charge in [0.15, 0.2) is 0 Å². The largest absolute Gasteiger partial charge is 0.372 e. The summed E-state index contributed by atoms with van der Waals surface area (Å²) in [5.41, 5.74) is 2.67. The highest BCUT2D eigenvalue weighted by Gasteiger charge is 2.14. The Morgan fingerprint density at radius 2 is 2.00 bits per heavy atom. The number of ether oxygens (including phenoxy) is 1. The third kappa shape index (κ3) is 4.30. The molecular formula is C14H22ClNO. The molecule has 1 aliphatic rings. The van der Waals surface area contributed by atoms with Crippen LogP contribution in [0.15, 0.2) is 24.3 Å². The van der Waals surface area contributed by atoms with Crippen molar-refractivity contribution < 1.29 is 4.74 Å². The molecule has 1 fully saturated rings. The van der Waals surface area contributed by atoms with Crippen LogP contribution in [0.2, 0.25) is 0 Å². The second kappa shape index (κ2) is 7.00. The third-order valence-electron chi connectivity index (χ3n) is 3.15. The van der Waals surface area contributed by atoms with Crippen LogP contribution in [0.3, 0.4) is 0 Å². The molecule has 96 valence electrons. The van der Waals surface area contributed by atoms with Gasteiger partial charge in [0.2, 0.25) is 0 Å². The van der Waals surface area contributed by atoms with Gasteiger partial charge in [-0.1, -0.05) is 38.1 Å². The number of hydrogen-bond donors (Lipinski definition) is 1. The summed E-state index contributed by atoms with van der Waals surface area (Å²) in [6.45, 7) is 7.27. The molecular weight excluding hydrogens is 234 g/mol. The molecule has 0 amide bonds. The average molecular weight is 256 g/mol. The summed E-state index contributed by atoms with van der Waals surface area (Å²) in [5.74, 6) is 0.606. The van der Waals surface area contributed by atoms with Gasteiger partial charge < -0.3 is 10.1 Å². The maximum atomic E-state index is 5.83. The van der Waals surface area contributed by atoms with Crippen molar-refractivity contribution in [3.8, 4) is 0 Å². The van der Waals surface area contributed by atoms with Crippen molar-refractivity contribution in [2.45, 2.75) is 38.9 Å². The van der Waals surface area contributed by atoms with E-state index >= 15 is 0 Å². The lowest BCUT2D eigenvalue weighted by Crippen LogP contribution is -2.16. The van der Waals surface area contributed by atoms with E-state index in [1.807, 2.05) is 0 Å². The minimum atomic E-state index is 0. The van der Waals surface area contributed by atoms with Crippen molar-refractivity contribution in [2.24, 2.45) is 0 Å². The quantitative estimate of drug-likeness (QED) is 0.893. The maximum absolute atomic E-state index is 5.83. The summed E-state index contributed by atoms with van der Waals surface area (Å²) in [6, 6.07) is 8.77. The predicted molar refractivity (Wildman–Crippen MR) is 73.8 cm³/mol. The fourth-order valence-electron chi connectivity index (χ4n) is 1.98. The second-order valence-corrected chi connectivity index (χ2v) is 4.82. The summed E-state index contributed by atoms with van der Waals surface area (Å²) >= 11 is 0. The summed E-state index contributed by atoms with van der Waals surface area (Å²) in [4.78, 5) is 0. The molecule has 0 aromatic heterocycles. The molecule has 1 saturated heterocycles. The number of benzene rings is 1. The van der Waals surface area contributed by atoms with E-state index in [2.05, 4.69) is 43.4 Å². The van der Waals surface area contributed by atoms with E-state index in [9.17, 15) is 0 Å². The Morgan fingerprint density at radius 1 is 1.29 bits per heavy atom. The van der Waals surface area contributed by atoms with E-state index in [0.29, 0.717) is 12.0 Å². The van der Waals surface area contributed by atoms with Crippen LogP contribution < -0.4 is 5.32 Å². The molecule has 1 atom stereocenters. The van der Waals surface area contributed by atoms with Gasteiger partial charge in [0.05, 0.1) is 12.7 Å². The molecule has 0 saturated carbocycles. The van der Waals surface area contributed by atoms with E-state index in [-0.39, 0.29) is 12.4 Å². The van der Waals surface area contributed by atoms with Crippen LogP contribution in [0.25, 0.3) is 0 Å². The van der Waals surface area contributed by atoms with Crippen molar-refractivity contribution in [1.29, 1.82) is 0 Å². The van der Waals surface area contributed by atoms with Crippen molar-refractivity contribution in [3.63, 3.8) is 0 Å². The molecule has 2 rings (SSSR count). The first-order valence-electron chi connectivity index (χ1n) is 6.17. The first-order chi connectivity index (χ1) is 7.75. The monoisotopic (exact) mass is 255 g/mol. The molecule has 1 heterocycles. The third-order valence-corrected chi connectivity index (χ3v) is 3.15. The highest BCUT2D eigenvalue weighted by molar-refractivity contribution is 5.85. The second-order valence-electron chi connectivity index (χ2n) is 4.82. The van der Waals surface area contributed by atoms with Gasteiger partial charge in [-0.25, -0.2) is 0 Å². The smallest absolute Gasteiger partial charge is 0.0721 e. The standard InChI is InChI=1S/C14H21NO.ClH/c1-11(2)13-5-3-12(4-6-13)10-16-14-7-8-15-9-14;/h3-6,11,14-15H,7-10H2,1-2H3;1H. The van der Waals surface area contributed by atoms with E-state index in [4.69, 9.17) is 4.74 Å². The number of rotatable bonds is 4. The van der Waals surface area contributed by atoms with Crippen LogP contribution in [0.5, 0.6) is 0 Å². The fraction of sp³-hybridized carbons (Fsp3) is 0.571. The Hall–Kier alpha value is -0.570. The molecule has 1 N–H and O–H groups in total. The zero-order chi connectivity index (χ0) is 11.4. The van der Waals surface area contributed by atoms with Crippen molar-refractivity contribution in [2.75, 3.05) is 13.1 Å². The van der Waals surface area contributed by atoms with Gasteiger partial charge in [-0.05, 0) is 30.0 Å². The number of halogens is 1. The van der Waals surface area contributed by atoms with Crippen LogP contribution in [-0.4, -0.2) is 19.2 Å². The Balaban J connectivity index is 0.00000144. The summed E-state index contributed by atoms with van der Waals surface area (Å²) in [5, 5.41) is 3.31. The minimum Gasteiger partial charge on any atom is -0.372 e. The van der Waals surface area contributed by atoms with E-state index in [0.717, 1.165) is 26.1 Å². The molecule has 1 aromatic rings. The first-order valence-corrected chi connectivity index (χ1v) is 6.17. The number of nitrogens with one attached hydrogen (secondary N) is 1. The zero-order valence-corrected chi connectivity index (χ0v) is 11.4. The Kier molecular flexibility index (Phi) is 5.96. The molecule has 17 heavy (non-hydrogen) atoms. The maximum Gasteiger partial charge on any atom is 0.0721 e. The topological polar surface area (TPSA) is 21.3 Å². The van der Waals surface area contributed by atoms with Crippen LogP contribution in [0, 0.1) is 0 Å². The summed E-state index contributed by atoms with van der Waals surface area (Å²) in [7, 11) is 0. The molecule has 1 unspecified atom stereocenters. The van der Waals surface area contributed by atoms with E-state index in [1.54, 1.807) is 0 Å². The van der Waals surface area contributed by atoms with Crippen molar-refractivity contribution in [1.82, 2.24) is 5.32 Å². The molecule has 0 bridgehead atoms. The molecule has 2 nitrogen and oxygen atoms in total. The zero-order valence-electron chi connectivity index (χ0n) is 10.6. The van der Waals surface area contributed by atoms with Gasteiger partial charge >= 0.3 is 0 Å². The molecule has 0 aliphatic carbocycles. The molecule has 0 radical (unpaired) electrons. The van der Waals surface area contributed by atoms with Gasteiger partial charge in [0.25, 0.3) is 0 Å². The lowest BCUT2D eigenvalue weighted by molar-refractivity contribution is 0.0542. The lowest BCUT2D eigenvalue weighted by atomic mass is 10.0. The highest BCUT2D eigenvalue weighted by atomic mass is 35.5. The van der Waals surface area contributed by atoms with Gasteiger partial charge in [-0.15, -0.1) is 12.4 Å². The highest BCUT2D eigenvalue weighted by Crippen LogP contribution is 2.16. The van der Waals surface area contributed by atoms with E-state index < -0.39 is 0 Å². The Morgan fingerprint density at radius 3 is 2.53 bits per heavy atom. The van der Waals surface area contributed by atoms with Gasteiger partial charge in [-0.2, -0.15) is 0 Å². The van der Waals surface area contributed by atoms with Crippen LogP contribution in [-0.2, 0) is 11.3 Å². The van der Waals surface area contributed by atoms with Crippen LogP contribution >= 0.6 is 12.4 Å². The van der Waals surface area contributed by atoms with Crippen molar-refractivity contribution in [3.05, 3.63) is 35.4 Å². The molecule has 1 aromatic carbocycles. The molecule has 1 aliphatic heterocycles. The lowest BCUT2D eigenvalue weighted by Gasteiger charge is -2.11. The normalized spacial score (nSPS) is 19.4. The summed E-state index contributed by atoms with van der Waals surface area (Å²) < 4.78 is 5.83. The van der Waals surface area contributed by atoms with Gasteiger partial charge in [-0.3, -0.25) is 0 Å². The predicted octanol–water partition coefficient (Wildman–Crippen LogP) is 3.11. The first kappa shape index (κ1) is 14.5. The average Bonchev–Trinajstić information content (AvgIpc) is 2.80. The number of hydrogen-bond acceptors (Lipinski definition) is 2. The SMILES string of the molecule is CC(C)c1ccc(COC2CCNC2)cc1.Cl. The summed E-state index contributed by atoms with van der Waals surface area (Å²) in [6.07, 6.45) is 1.55. The van der Waals surface area contributed by atoms with Crippen LogP contribution in [0.1, 0.15) is 37.3 Å². The fourth-order valence-corrected chi connectivity index (χ4v) is 1.98. The van der Waals surface area contributed by atoms with E-state index in [1.165, 1.54) is 11.1 Å².